The maximum atomic E-state index is 13.2. The number of halogens is 3. The van der Waals surface area contributed by atoms with Crippen LogP contribution in [0.15, 0.2) is 103 Å². The number of carbonyl (C=O) groups is 1. The smallest absolute Gasteiger partial charge is 0.379 e. The molecule has 1 aliphatic rings. The van der Waals surface area contributed by atoms with E-state index in [2.05, 4.69) is 15.2 Å². The third kappa shape index (κ3) is 6.83. The lowest BCUT2D eigenvalue weighted by Gasteiger charge is -2.26. The lowest BCUT2D eigenvalue weighted by molar-refractivity contribution is -0.137. The average molecular weight is 544 g/mol. The molecule has 5 nitrogen and oxygen atoms in total. The van der Waals surface area contributed by atoms with Gasteiger partial charge in [-0.15, -0.1) is 0 Å². The van der Waals surface area contributed by atoms with Gasteiger partial charge in [0, 0.05) is 54.6 Å². The maximum Gasteiger partial charge on any atom is 0.416 e. The highest BCUT2D eigenvalue weighted by Gasteiger charge is 2.30. The van der Waals surface area contributed by atoms with Crippen molar-refractivity contribution in [1.29, 1.82) is 0 Å². The quantitative estimate of drug-likeness (QED) is 0.208. The van der Waals surface area contributed by atoms with Gasteiger partial charge in [-0.2, -0.15) is 13.2 Å². The highest BCUT2D eigenvalue weighted by atomic mass is 19.4. The van der Waals surface area contributed by atoms with Gasteiger partial charge in [-0.25, -0.2) is 0 Å². The number of morpholine rings is 1. The van der Waals surface area contributed by atoms with Crippen LogP contribution >= 0.6 is 0 Å². The number of aromatic nitrogens is 1. The first-order valence-corrected chi connectivity index (χ1v) is 13.0. The van der Waals surface area contributed by atoms with Crippen LogP contribution in [-0.2, 0) is 22.3 Å². The molecular weight excluding hydrogens is 515 g/mol. The summed E-state index contributed by atoms with van der Waals surface area (Å²) in [5.41, 5.74) is 3.23. The van der Waals surface area contributed by atoms with Crippen molar-refractivity contribution in [3.63, 3.8) is 0 Å². The van der Waals surface area contributed by atoms with Crippen LogP contribution in [0.4, 0.5) is 18.9 Å². The number of alkyl halides is 3. The van der Waals surface area contributed by atoms with Crippen LogP contribution in [0.1, 0.15) is 22.3 Å². The Labute approximate surface area is 230 Å². The number of ether oxygens (including phenoxy) is 1. The van der Waals surface area contributed by atoms with Crippen LogP contribution < -0.4 is 5.32 Å². The molecule has 0 saturated carbocycles. The Kier molecular flexibility index (Phi) is 8.38. The first-order valence-electron chi connectivity index (χ1n) is 13.0. The second kappa shape index (κ2) is 12.3. The molecule has 1 fully saturated rings. The topological polar surface area (TPSA) is 54.5 Å². The van der Waals surface area contributed by atoms with Crippen LogP contribution in [0.25, 0.3) is 16.3 Å². The van der Waals surface area contributed by atoms with Crippen molar-refractivity contribution in [1.82, 2.24) is 9.88 Å². The molecule has 5 rings (SSSR count). The number of nitrogens with zero attached hydrogens (tertiary/aromatic N) is 2. The molecule has 0 spiro atoms. The van der Waals surface area contributed by atoms with Crippen molar-refractivity contribution in [2.24, 2.45) is 0 Å². The van der Waals surface area contributed by atoms with E-state index in [-0.39, 0.29) is 5.91 Å². The summed E-state index contributed by atoms with van der Waals surface area (Å²) >= 11 is 0. The van der Waals surface area contributed by atoms with Gasteiger partial charge in [0.1, 0.15) is 0 Å². The van der Waals surface area contributed by atoms with Crippen LogP contribution in [0.5, 0.6) is 0 Å². The number of rotatable bonds is 7. The highest BCUT2D eigenvalue weighted by Crippen LogP contribution is 2.32. The van der Waals surface area contributed by atoms with Gasteiger partial charge in [-0.3, -0.25) is 14.7 Å². The largest absolute Gasteiger partial charge is 0.416 e. The summed E-state index contributed by atoms with van der Waals surface area (Å²) in [7, 11) is 0. The number of hydrogen-bond acceptors (Lipinski definition) is 4. The zero-order valence-electron chi connectivity index (χ0n) is 21.7. The van der Waals surface area contributed by atoms with Crippen molar-refractivity contribution < 1.29 is 22.7 Å². The SMILES string of the molecule is O=C(C=CC=C(c1ccc(CN2CCOCC2)cc1)c1ccc(C(F)(F)F)cc1)Nc1cccc2cnccc12. The molecular formula is C32H28F3N3O2. The summed E-state index contributed by atoms with van der Waals surface area (Å²) in [6, 6.07) is 20.4. The second-order valence-corrected chi connectivity index (χ2v) is 9.49. The van der Waals surface area contributed by atoms with Crippen LogP contribution in [-0.4, -0.2) is 42.1 Å². The monoisotopic (exact) mass is 543 g/mol. The third-order valence-electron chi connectivity index (χ3n) is 6.75. The zero-order chi connectivity index (χ0) is 28.0. The summed E-state index contributed by atoms with van der Waals surface area (Å²) in [5, 5.41) is 4.67. The Bertz CT molecular complexity index is 1520. The van der Waals surface area contributed by atoms with Gasteiger partial charge in [0.25, 0.3) is 0 Å². The molecule has 4 aromatic rings. The molecule has 0 atom stereocenters. The van der Waals surface area contributed by atoms with E-state index in [0.29, 0.717) is 16.8 Å². The number of fused-ring (bicyclic) bond motifs is 1. The van der Waals surface area contributed by atoms with Gasteiger partial charge in [-0.05, 0) is 46.5 Å². The van der Waals surface area contributed by atoms with Gasteiger partial charge in [0.05, 0.1) is 18.8 Å². The van der Waals surface area contributed by atoms with Gasteiger partial charge >= 0.3 is 6.18 Å². The lowest BCUT2D eigenvalue weighted by Crippen LogP contribution is -2.35. The molecule has 0 aliphatic carbocycles. The number of benzene rings is 3. The normalized spacial score (nSPS) is 15.0. The zero-order valence-corrected chi connectivity index (χ0v) is 21.7. The fourth-order valence-corrected chi connectivity index (χ4v) is 4.64. The van der Waals surface area contributed by atoms with E-state index < -0.39 is 11.7 Å². The van der Waals surface area contributed by atoms with E-state index >= 15 is 0 Å². The summed E-state index contributed by atoms with van der Waals surface area (Å²) < 4.78 is 44.9. The van der Waals surface area contributed by atoms with Crippen LogP contribution in [0, 0.1) is 0 Å². The number of pyridine rings is 1. The van der Waals surface area contributed by atoms with E-state index in [1.54, 1.807) is 24.5 Å². The fourth-order valence-electron chi connectivity index (χ4n) is 4.64. The summed E-state index contributed by atoms with van der Waals surface area (Å²) in [6.07, 6.45) is 3.73. The molecule has 1 N–H and O–H groups in total. The van der Waals surface area contributed by atoms with Crippen molar-refractivity contribution in [3.05, 3.63) is 126 Å². The Hall–Kier alpha value is -4.27. The summed E-state index contributed by atoms with van der Waals surface area (Å²) in [6.45, 7) is 3.99. The van der Waals surface area contributed by atoms with Crippen molar-refractivity contribution >= 4 is 27.9 Å². The minimum atomic E-state index is -4.42. The third-order valence-corrected chi connectivity index (χ3v) is 6.75. The number of anilines is 1. The predicted molar refractivity (Wildman–Crippen MR) is 151 cm³/mol. The molecule has 40 heavy (non-hydrogen) atoms. The first-order chi connectivity index (χ1) is 19.4. The molecule has 204 valence electrons. The minimum Gasteiger partial charge on any atom is -0.379 e. The standard InChI is InChI=1S/C32H28F3N3O2/c33-32(34,35)27-13-11-25(12-14-27)28(24-9-7-23(8-10-24)22-38-17-19-40-20-18-38)4-2-6-31(39)37-30-5-1-3-26-21-36-16-15-29(26)30/h1-16,21H,17-20,22H2,(H,37,39). The summed E-state index contributed by atoms with van der Waals surface area (Å²) in [4.78, 5) is 19.1. The van der Waals surface area contributed by atoms with Crippen LogP contribution in [0.2, 0.25) is 0 Å². The van der Waals surface area contributed by atoms with Gasteiger partial charge < -0.3 is 10.1 Å². The van der Waals surface area contributed by atoms with Gasteiger partial charge in [0.15, 0.2) is 0 Å². The van der Waals surface area contributed by atoms with E-state index in [0.717, 1.165) is 66.9 Å². The number of nitrogens with one attached hydrogen (secondary N) is 1. The molecule has 0 radical (unpaired) electrons. The Balaban J connectivity index is 1.38. The van der Waals surface area contributed by atoms with Gasteiger partial charge in [-0.1, -0.05) is 60.7 Å². The fraction of sp³-hybridized carbons (Fsp3) is 0.188. The molecule has 1 saturated heterocycles. The molecule has 1 amide bonds. The average Bonchev–Trinajstić information content (AvgIpc) is 2.96. The van der Waals surface area contributed by atoms with Crippen molar-refractivity contribution in [2.75, 3.05) is 31.6 Å². The van der Waals surface area contributed by atoms with Crippen molar-refractivity contribution in [2.45, 2.75) is 12.7 Å². The first kappa shape index (κ1) is 27.3. The molecule has 1 aromatic heterocycles. The molecule has 8 heteroatoms. The lowest BCUT2D eigenvalue weighted by atomic mass is 9.95. The number of amides is 1. The Morgan fingerprint density at radius 1 is 0.950 bits per heavy atom. The Morgan fingerprint density at radius 3 is 2.35 bits per heavy atom. The highest BCUT2D eigenvalue weighted by molar-refractivity contribution is 6.06. The molecule has 2 heterocycles. The summed E-state index contributed by atoms with van der Waals surface area (Å²) in [5.74, 6) is -0.326. The van der Waals surface area contributed by atoms with E-state index in [9.17, 15) is 18.0 Å². The second-order valence-electron chi connectivity index (χ2n) is 9.49. The van der Waals surface area contributed by atoms with E-state index in [4.69, 9.17) is 4.74 Å². The van der Waals surface area contributed by atoms with E-state index in [1.165, 1.54) is 18.2 Å². The number of hydrogen-bond donors (Lipinski definition) is 1. The molecule has 3 aromatic carbocycles. The van der Waals surface area contributed by atoms with Crippen LogP contribution in [0.3, 0.4) is 0 Å². The Morgan fingerprint density at radius 2 is 1.65 bits per heavy atom. The predicted octanol–water partition coefficient (Wildman–Crippen LogP) is 6.71. The molecule has 0 bridgehead atoms. The van der Waals surface area contributed by atoms with Crippen molar-refractivity contribution in [3.8, 4) is 0 Å². The van der Waals surface area contributed by atoms with E-state index in [1.807, 2.05) is 48.5 Å². The maximum absolute atomic E-state index is 13.2. The van der Waals surface area contributed by atoms with Gasteiger partial charge in [0.2, 0.25) is 5.91 Å². The molecule has 0 unspecified atom stereocenters. The number of allylic oxidation sites excluding steroid dienone is 2. The number of carbonyl (C=O) groups excluding carboxylic acids is 1. The molecule has 1 aliphatic heterocycles. The minimum absolute atomic E-state index is 0.326.